The lowest BCUT2D eigenvalue weighted by molar-refractivity contribution is 0.0789. The molecule has 0 radical (unpaired) electrons. The Bertz CT molecular complexity index is 1180. The molecule has 1 aliphatic rings. The van der Waals surface area contributed by atoms with Crippen LogP contribution in [0.2, 0.25) is 0 Å². The number of nitrogens with one attached hydrogen (secondary N) is 2. The molecule has 1 amide bonds. The van der Waals surface area contributed by atoms with Crippen LogP contribution in [-0.2, 0) is 10.0 Å². The van der Waals surface area contributed by atoms with Gasteiger partial charge in [0.05, 0.1) is 11.4 Å². The second-order valence-corrected chi connectivity index (χ2v) is 8.89. The topological polar surface area (TPSA) is 93.7 Å². The fourth-order valence-corrected chi connectivity index (χ4v) is 4.15. The molecule has 0 spiro atoms. The number of hydrogen-bond donors (Lipinski definition) is 2. The average Bonchev–Trinajstić information content (AvgIpc) is 2.78. The van der Waals surface area contributed by atoms with Gasteiger partial charge < -0.3 is 14.8 Å². The predicted molar refractivity (Wildman–Crippen MR) is 117 cm³/mol. The van der Waals surface area contributed by atoms with Crippen molar-refractivity contribution in [1.82, 2.24) is 5.32 Å². The normalized spacial score (nSPS) is 15.2. The lowest BCUT2D eigenvalue weighted by atomic mass is 10.2. The first-order valence-electron chi connectivity index (χ1n) is 9.77. The zero-order valence-corrected chi connectivity index (χ0v) is 17.7. The maximum Gasteiger partial charge on any atom is 0.261 e. The van der Waals surface area contributed by atoms with Crippen LogP contribution in [0.1, 0.15) is 15.9 Å². The Hall–Kier alpha value is -3.52. The van der Waals surface area contributed by atoms with E-state index in [0.717, 1.165) is 5.56 Å². The zero-order valence-electron chi connectivity index (χ0n) is 16.9. The number of aryl methyl sites for hydroxylation is 1. The molecule has 1 heterocycles. The van der Waals surface area contributed by atoms with Crippen LogP contribution in [0.5, 0.6) is 11.5 Å². The number of sulfonamides is 1. The van der Waals surface area contributed by atoms with Gasteiger partial charge in [0, 0.05) is 11.3 Å². The first kappa shape index (κ1) is 20.7. The summed E-state index contributed by atoms with van der Waals surface area (Å²) < 4.78 is 38.9. The van der Waals surface area contributed by atoms with Gasteiger partial charge in [-0.15, -0.1) is 0 Å². The van der Waals surface area contributed by atoms with Gasteiger partial charge in [-0.3, -0.25) is 9.52 Å². The molecule has 4 rings (SSSR count). The summed E-state index contributed by atoms with van der Waals surface area (Å²) in [6.45, 7) is 2.52. The molecule has 0 fully saturated rings. The van der Waals surface area contributed by atoms with Gasteiger partial charge in [-0.1, -0.05) is 29.8 Å². The highest BCUT2D eigenvalue weighted by Crippen LogP contribution is 2.30. The molecule has 31 heavy (non-hydrogen) atoms. The fraction of sp³-hybridized carbons (Fsp3) is 0.174. The number of carbonyl (C=O) groups is 1. The molecule has 0 saturated carbocycles. The summed E-state index contributed by atoms with van der Waals surface area (Å²) in [6.07, 6.45) is -0.292. The molecular weight excluding hydrogens is 416 g/mol. The number of anilines is 1. The zero-order chi connectivity index (χ0) is 21.8. The summed E-state index contributed by atoms with van der Waals surface area (Å²) in [6, 6.07) is 20.2. The Balaban J connectivity index is 1.33. The van der Waals surface area contributed by atoms with Gasteiger partial charge in [0.1, 0.15) is 12.7 Å². The van der Waals surface area contributed by atoms with Gasteiger partial charge in [-0.05, 0) is 55.5 Å². The van der Waals surface area contributed by atoms with Gasteiger partial charge in [0.25, 0.3) is 15.9 Å². The number of hydrogen-bond acceptors (Lipinski definition) is 5. The lowest BCUT2D eigenvalue weighted by Gasteiger charge is -2.26. The molecule has 0 unspecified atom stereocenters. The standard InChI is InChI=1S/C23H22N2O5S/c1-16-6-12-20(13-7-16)31(27,28)25-18-10-8-17(9-11-18)23(26)24-14-19-15-29-21-4-2-3-5-22(21)30-19/h2-13,19,25H,14-15H2,1H3,(H,24,26)/t19-/m0/s1. The summed E-state index contributed by atoms with van der Waals surface area (Å²) in [5.74, 6) is 1.06. The monoisotopic (exact) mass is 438 g/mol. The molecule has 0 aromatic heterocycles. The van der Waals surface area contributed by atoms with E-state index in [9.17, 15) is 13.2 Å². The number of benzene rings is 3. The van der Waals surface area contributed by atoms with Crippen LogP contribution in [0.15, 0.2) is 77.7 Å². The largest absolute Gasteiger partial charge is 0.486 e. The Morgan fingerprint density at radius 2 is 1.65 bits per heavy atom. The van der Waals surface area contributed by atoms with Crippen molar-refractivity contribution in [3.05, 3.63) is 83.9 Å². The molecule has 1 aliphatic heterocycles. The summed E-state index contributed by atoms with van der Waals surface area (Å²) >= 11 is 0. The van der Waals surface area contributed by atoms with Gasteiger partial charge in [0.2, 0.25) is 0 Å². The number of amides is 1. The molecule has 0 aliphatic carbocycles. The number of carbonyl (C=O) groups excluding carboxylic acids is 1. The van der Waals surface area contributed by atoms with Crippen molar-refractivity contribution in [2.75, 3.05) is 17.9 Å². The van der Waals surface area contributed by atoms with Crippen LogP contribution in [0.25, 0.3) is 0 Å². The van der Waals surface area contributed by atoms with Crippen LogP contribution in [0, 0.1) is 6.92 Å². The summed E-state index contributed by atoms with van der Waals surface area (Å²) in [5, 5.41) is 2.82. The van der Waals surface area contributed by atoms with Crippen molar-refractivity contribution >= 4 is 21.6 Å². The third-order valence-electron chi connectivity index (χ3n) is 4.79. The smallest absolute Gasteiger partial charge is 0.261 e. The second kappa shape index (κ2) is 8.69. The first-order valence-corrected chi connectivity index (χ1v) is 11.3. The van der Waals surface area contributed by atoms with Crippen molar-refractivity contribution in [3.63, 3.8) is 0 Å². The van der Waals surface area contributed by atoms with Gasteiger partial charge in [-0.25, -0.2) is 8.42 Å². The van der Waals surface area contributed by atoms with Crippen LogP contribution in [-0.4, -0.2) is 33.6 Å². The van der Waals surface area contributed by atoms with Crippen molar-refractivity contribution < 1.29 is 22.7 Å². The Kier molecular flexibility index (Phi) is 5.81. The molecule has 160 valence electrons. The van der Waals surface area contributed by atoms with E-state index in [4.69, 9.17) is 9.47 Å². The highest BCUT2D eigenvalue weighted by Gasteiger charge is 2.21. The molecule has 2 N–H and O–H groups in total. The average molecular weight is 439 g/mol. The minimum atomic E-state index is -3.69. The van der Waals surface area contributed by atoms with Gasteiger partial charge >= 0.3 is 0 Å². The van der Waals surface area contributed by atoms with Crippen LogP contribution < -0.4 is 19.5 Å². The third-order valence-corrected chi connectivity index (χ3v) is 6.19. The molecule has 8 heteroatoms. The van der Waals surface area contributed by atoms with Crippen molar-refractivity contribution in [3.8, 4) is 11.5 Å². The molecule has 1 atom stereocenters. The molecular formula is C23H22N2O5S. The third kappa shape index (κ3) is 4.97. The minimum absolute atomic E-state index is 0.177. The lowest BCUT2D eigenvalue weighted by Crippen LogP contribution is -2.40. The van der Waals surface area contributed by atoms with Crippen LogP contribution >= 0.6 is 0 Å². The molecule has 7 nitrogen and oxygen atoms in total. The number of para-hydroxylation sites is 2. The quantitative estimate of drug-likeness (QED) is 0.616. The molecule has 3 aromatic rings. The Morgan fingerprint density at radius 1 is 0.968 bits per heavy atom. The maximum atomic E-state index is 12.5. The number of fused-ring (bicyclic) bond motifs is 1. The first-order chi connectivity index (χ1) is 14.9. The van der Waals surface area contributed by atoms with E-state index in [1.54, 1.807) is 48.5 Å². The maximum absolute atomic E-state index is 12.5. The van der Waals surface area contributed by atoms with E-state index >= 15 is 0 Å². The van der Waals surface area contributed by atoms with Crippen LogP contribution in [0.3, 0.4) is 0 Å². The van der Waals surface area contributed by atoms with Crippen LogP contribution in [0.4, 0.5) is 5.69 Å². The van der Waals surface area contributed by atoms with Crippen molar-refractivity contribution in [1.29, 1.82) is 0 Å². The fourth-order valence-electron chi connectivity index (χ4n) is 3.09. The predicted octanol–water partition coefficient (Wildman–Crippen LogP) is 3.37. The minimum Gasteiger partial charge on any atom is -0.486 e. The number of rotatable bonds is 6. The number of ether oxygens (including phenoxy) is 2. The summed E-state index contributed by atoms with van der Waals surface area (Å²) in [7, 11) is -3.69. The highest BCUT2D eigenvalue weighted by molar-refractivity contribution is 7.92. The van der Waals surface area contributed by atoms with E-state index in [1.165, 1.54) is 0 Å². The molecule has 3 aromatic carbocycles. The van der Waals surface area contributed by atoms with Gasteiger partial charge in [-0.2, -0.15) is 0 Å². The van der Waals surface area contributed by atoms with E-state index in [2.05, 4.69) is 10.0 Å². The summed E-state index contributed by atoms with van der Waals surface area (Å²) in [4.78, 5) is 12.6. The Labute approximate surface area is 181 Å². The SMILES string of the molecule is Cc1ccc(S(=O)(=O)Nc2ccc(C(=O)NC[C@H]3COc4ccccc4O3)cc2)cc1. The van der Waals surface area contributed by atoms with E-state index < -0.39 is 10.0 Å². The second-order valence-electron chi connectivity index (χ2n) is 7.20. The van der Waals surface area contributed by atoms with E-state index in [1.807, 2.05) is 31.2 Å². The molecule has 0 saturated heterocycles. The molecule has 0 bridgehead atoms. The van der Waals surface area contributed by atoms with Crippen molar-refractivity contribution in [2.45, 2.75) is 17.9 Å². The van der Waals surface area contributed by atoms with Gasteiger partial charge in [0.15, 0.2) is 11.5 Å². The highest BCUT2D eigenvalue weighted by atomic mass is 32.2. The van der Waals surface area contributed by atoms with E-state index in [-0.39, 0.29) is 23.5 Å². The Morgan fingerprint density at radius 3 is 2.35 bits per heavy atom. The van der Waals surface area contributed by atoms with E-state index in [0.29, 0.717) is 29.4 Å². The summed E-state index contributed by atoms with van der Waals surface area (Å²) in [5.41, 5.74) is 1.76. The van der Waals surface area contributed by atoms with Crippen molar-refractivity contribution in [2.24, 2.45) is 0 Å².